The van der Waals surface area contributed by atoms with Crippen molar-refractivity contribution in [3.8, 4) is 0 Å². The standard InChI is InChI=1S/C14H22OSi/c1-6-9-14(15-16(3,4)5)13-11-8-7-10-12(13)2/h6-8,10-11,14H,1,9H2,2-5H3. The highest BCUT2D eigenvalue weighted by molar-refractivity contribution is 6.69. The van der Waals surface area contributed by atoms with E-state index in [0.717, 1.165) is 6.42 Å². The Hall–Kier alpha value is -0.863. The molecule has 1 aromatic rings. The molecule has 88 valence electrons. The van der Waals surface area contributed by atoms with E-state index in [4.69, 9.17) is 4.43 Å². The van der Waals surface area contributed by atoms with Gasteiger partial charge in [0.05, 0.1) is 6.10 Å². The van der Waals surface area contributed by atoms with E-state index in [2.05, 4.69) is 57.4 Å². The monoisotopic (exact) mass is 234 g/mol. The smallest absolute Gasteiger partial charge is 0.184 e. The van der Waals surface area contributed by atoms with Gasteiger partial charge in [0.15, 0.2) is 8.32 Å². The molecule has 1 rings (SSSR count). The number of aryl methyl sites for hydroxylation is 1. The molecule has 0 aliphatic carbocycles. The molecule has 0 spiro atoms. The Morgan fingerprint density at radius 1 is 1.31 bits per heavy atom. The van der Waals surface area contributed by atoms with E-state index >= 15 is 0 Å². The summed E-state index contributed by atoms with van der Waals surface area (Å²) in [5, 5.41) is 0. The average molecular weight is 234 g/mol. The van der Waals surface area contributed by atoms with E-state index < -0.39 is 8.32 Å². The number of hydrogen-bond acceptors (Lipinski definition) is 1. The van der Waals surface area contributed by atoms with Crippen LogP contribution in [0, 0.1) is 6.92 Å². The van der Waals surface area contributed by atoms with Crippen molar-refractivity contribution in [1.29, 1.82) is 0 Å². The van der Waals surface area contributed by atoms with E-state index in [0.29, 0.717) is 0 Å². The van der Waals surface area contributed by atoms with Crippen molar-refractivity contribution < 1.29 is 4.43 Å². The van der Waals surface area contributed by atoms with Crippen molar-refractivity contribution in [3.05, 3.63) is 48.0 Å². The summed E-state index contributed by atoms with van der Waals surface area (Å²) in [7, 11) is -1.51. The van der Waals surface area contributed by atoms with Gasteiger partial charge in [-0.2, -0.15) is 0 Å². The maximum atomic E-state index is 6.21. The Morgan fingerprint density at radius 3 is 2.44 bits per heavy atom. The van der Waals surface area contributed by atoms with Crippen molar-refractivity contribution in [2.75, 3.05) is 0 Å². The summed E-state index contributed by atoms with van der Waals surface area (Å²) in [6, 6.07) is 8.44. The van der Waals surface area contributed by atoms with Gasteiger partial charge >= 0.3 is 0 Å². The molecule has 0 fully saturated rings. The van der Waals surface area contributed by atoms with Crippen LogP contribution in [0.4, 0.5) is 0 Å². The Bertz CT molecular complexity index is 352. The van der Waals surface area contributed by atoms with E-state index in [9.17, 15) is 0 Å². The summed E-state index contributed by atoms with van der Waals surface area (Å²) in [4.78, 5) is 0. The number of rotatable bonds is 5. The van der Waals surface area contributed by atoms with E-state index in [1.54, 1.807) is 0 Å². The maximum Gasteiger partial charge on any atom is 0.184 e. The molecule has 0 amide bonds. The Balaban J connectivity index is 2.94. The molecule has 0 heterocycles. The molecule has 0 aliphatic rings. The van der Waals surface area contributed by atoms with Gasteiger partial charge in [-0.25, -0.2) is 0 Å². The van der Waals surface area contributed by atoms with Gasteiger partial charge in [-0.05, 0) is 44.1 Å². The minimum atomic E-state index is -1.51. The van der Waals surface area contributed by atoms with Gasteiger partial charge in [0.1, 0.15) is 0 Å². The van der Waals surface area contributed by atoms with E-state index in [-0.39, 0.29) is 6.10 Å². The van der Waals surface area contributed by atoms with Crippen molar-refractivity contribution in [1.82, 2.24) is 0 Å². The highest BCUT2D eigenvalue weighted by Crippen LogP contribution is 2.27. The van der Waals surface area contributed by atoms with Gasteiger partial charge in [0, 0.05) is 0 Å². The molecule has 0 saturated carbocycles. The fraction of sp³-hybridized carbons (Fsp3) is 0.429. The predicted octanol–water partition coefficient (Wildman–Crippen LogP) is 4.46. The zero-order valence-corrected chi connectivity index (χ0v) is 11.8. The van der Waals surface area contributed by atoms with Gasteiger partial charge < -0.3 is 4.43 Å². The lowest BCUT2D eigenvalue weighted by Gasteiger charge is -2.27. The molecule has 1 atom stereocenters. The topological polar surface area (TPSA) is 9.23 Å². The van der Waals surface area contributed by atoms with Crippen LogP contribution >= 0.6 is 0 Å². The van der Waals surface area contributed by atoms with Crippen LogP contribution in [0.3, 0.4) is 0 Å². The fourth-order valence-electron chi connectivity index (χ4n) is 1.76. The molecule has 1 aromatic carbocycles. The first-order chi connectivity index (χ1) is 7.44. The third-order valence-electron chi connectivity index (χ3n) is 2.41. The van der Waals surface area contributed by atoms with E-state index in [1.165, 1.54) is 11.1 Å². The molecule has 0 aliphatic heterocycles. The summed E-state index contributed by atoms with van der Waals surface area (Å²) < 4.78 is 6.21. The molecule has 16 heavy (non-hydrogen) atoms. The number of benzene rings is 1. The molecule has 1 nitrogen and oxygen atoms in total. The quantitative estimate of drug-likeness (QED) is 0.540. The second kappa shape index (κ2) is 5.46. The lowest BCUT2D eigenvalue weighted by Crippen LogP contribution is -2.28. The molecule has 0 bridgehead atoms. The van der Waals surface area contributed by atoms with Crippen LogP contribution in [0.15, 0.2) is 36.9 Å². The summed E-state index contributed by atoms with van der Waals surface area (Å²) in [6.07, 6.45) is 3.00. The summed E-state index contributed by atoms with van der Waals surface area (Å²) in [5.41, 5.74) is 2.59. The van der Waals surface area contributed by atoms with Crippen LogP contribution in [0.25, 0.3) is 0 Å². The van der Waals surface area contributed by atoms with E-state index in [1.807, 2.05) is 6.08 Å². The van der Waals surface area contributed by atoms with Gasteiger partial charge in [0.2, 0.25) is 0 Å². The van der Waals surface area contributed by atoms with Crippen LogP contribution < -0.4 is 0 Å². The van der Waals surface area contributed by atoms with Crippen LogP contribution in [0.5, 0.6) is 0 Å². The van der Waals surface area contributed by atoms with Crippen LogP contribution in [-0.2, 0) is 4.43 Å². The molecule has 0 saturated heterocycles. The van der Waals surface area contributed by atoms with Gasteiger partial charge in [0.25, 0.3) is 0 Å². The van der Waals surface area contributed by atoms with Crippen LogP contribution in [0.2, 0.25) is 19.6 Å². The average Bonchev–Trinajstić information content (AvgIpc) is 2.16. The molecular weight excluding hydrogens is 212 g/mol. The summed E-state index contributed by atoms with van der Waals surface area (Å²) in [5.74, 6) is 0. The van der Waals surface area contributed by atoms with Crippen molar-refractivity contribution in [3.63, 3.8) is 0 Å². The molecule has 0 aromatic heterocycles. The SMILES string of the molecule is C=CCC(O[Si](C)(C)C)c1ccccc1C. The summed E-state index contributed by atoms with van der Waals surface area (Å²) in [6.45, 7) is 12.6. The third kappa shape index (κ3) is 3.95. The Labute approximate surface area is 100 Å². The zero-order valence-electron chi connectivity index (χ0n) is 10.8. The van der Waals surface area contributed by atoms with Crippen molar-refractivity contribution >= 4 is 8.32 Å². The first-order valence-electron chi connectivity index (χ1n) is 5.78. The van der Waals surface area contributed by atoms with Gasteiger partial charge in [-0.3, -0.25) is 0 Å². The van der Waals surface area contributed by atoms with Crippen LogP contribution in [-0.4, -0.2) is 8.32 Å². The first-order valence-corrected chi connectivity index (χ1v) is 9.19. The van der Waals surface area contributed by atoms with Crippen molar-refractivity contribution in [2.24, 2.45) is 0 Å². The number of hydrogen-bond donors (Lipinski definition) is 0. The van der Waals surface area contributed by atoms with Gasteiger partial charge in [-0.15, -0.1) is 6.58 Å². The highest BCUT2D eigenvalue weighted by atomic mass is 28.4. The normalized spacial score (nSPS) is 13.5. The Morgan fingerprint density at radius 2 is 1.94 bits per heavy atom. The second-order valence-electron chi connectivity index (χ2n) is 5.10. The minimum absolute atomic E-state index is 0.172. The predicted molar refractivity (Wildman–Crippen MR) is 73.2 cm³/mol. The maximum absolute atomic E-state index is 6.21. The Kier molecular flexibility index (Phi) is 4.51. The second-order valence-corrected chi connectivity index (χ2v) is 9.56. The first kappa shape index (κ1) is 13.2. The molecule has 2 heteroatoms. The van der Waals surface area contributed by atoms with Crippen molar-refractivity contribution in [2.45, 2.75) is 39.1 Å². The molecule has 0 N–H and O–H groups in total. The highest BCUT2D eigenvalue weighted by Gasteiger charge is 2.22. The zero-order chi connectivity index (χ0) is 12.2. The minimum Gasteiger partial charge on any atom is -0.410 e. The fourth-order valence-corrected chi connectivity index (χ4v) is 2.84. The molecule has 1 unspecified atom stereocenters. The lowest BCUT2D eigenvalue weighted by molar-refractivity contribution is 0.201. The lowest BCUT2D eigenvalue weighted by atomic mass is 10.0. The third-order valence-corrected chi connectivity index (χ3v) is 3.40. The largest absolute Gasteiger partial charge is 0.410 e. The molecule has 0 radical (unpaired) electrons. The molecular formula is C14H22OSi. The van der Waals surface area contributed by atoms with Crippen LogP contribution in [0.1, 0.15) is 23.7 Å². The van der Waals surface area contributed by atoms with Gasteiger partial charge in [-0.1, -0.05) is 30.3 Å². The summed E-state index contributed by atoms with van der Waals surface area (Å²) >= 11 is 0.